The number of amides is 1. The monoisotopic (exact) mass is 349 g/mol. The second-order valence-corrected chi connectivity index (χ2v) is 6.13. The maximum Gasteiger partial charge on any atom is 0.251 e. The van der Waals surface area contributed by atoms with Crippen LogP contribution in [-0.2, 0) is 0 Å². The van der Waals surface area contributed by atoms with E-state index in [1.807, 2.05) is 0 Å². The maximum absolute atomic E-state index is 13.4. The van der Waals surface area contributed by atoms with Gasteiger partial charge in [0.1, 0.15) is 17.9 Å². The molecule has 1 heterocycles. The van der Waals surface area contributed by atoms with Crippen LogP contribution in [0, 0.1) is 5.82 Å². The average molecular weight is 349 g/mol. The molecule has 1 amide bonds. The normalized spacial score (nSPS) is 13.3. The SMILES string of the molecule is O=C(NC1CC1)c1cccc(Oc2cc(-c3cccc(F)c3)ncn2)c1. The predicted molar refractivity (Wildman–Crippen MR) is 94.4 cm³/mol. The van der Waals surface area contributed by atoms with Crippen LogP contribution in [-0.4, -0.2) is 21.9 Å². The molecule has 3 aromatic rings. The van der Waals surface area contributed by atoms with Crippen molar-refractivity contribution in [1.82, 2.24) is 15.3 Å². The van der Waals surface area contributed by atoms with E-state index < -0.39 is 0 Å². The van der Waals surface area contributed by atoms with E-state index in [1.54, 1.807) is 42.5 Å². The number of ether oxygens (including phenoxy) is 1. The Balaban J connectivity index is 1.54. The van der Waals surface area contributed by atoms with E-state index >= 15 is 0 Å². The van der Waals surface area contributed by atoms with Gasteiger partial charge in [0.05, 0.1) is 5.69 Å². The van der Waals surface area contributed by atoms with E-state index in [2.05, 4.69) is 15.3 Å². The first-order valence-corrected chi connectivity index (χ1v) is 8.34. The number of nitrogens with zero attached hydrogens (tertiary/aromatic N) is 2. The van der Waals surface area contributed by atoms with Gasteiger partial charge in [0.2, 0.25) is 5.88 Å². The third-order valence-corrected chi connectivity index (χ3v) is 3.99. The lowest BCUT2D eigenvalue weighted by molar-refractivity contribution is 0.0950. The van der Waals surface area contributed by atoms with Crippen LogP contribution in [0.25, 0.3) is 11.3 Å². The molecule has 0 unspecified atom stereocenters. The van der Waals surface area contributed by atoms with Gasteiger partial charge in [-0.3, -0.25) is 4.79 Å². The summed E-state index contributed by atoms with van der Waals surface area (Å²) >= 11 is 0. The molecule has 0 spiro atoms. The summed E-state index contributed by atoms with van der Waals surface area (Å²) in [4.78, 5) is 20.4. The molecule has 6 heteroatoms. The third-order valence-electron chi connectivity index (χ3n) is 3.99. The molecule has 1 aromatic heterocycles. The minimum atomic E-state index is -0.335. The molecule has 0 bridgehead atoms. The van der Waals surface area contributed by atoms with Crippen LogP contribution in [0.15, 0.2) is 60.9 Å². The Hall–Kier alpha value is -3.28. The topological polar surface area (TPSA) is 64.1 Å². The summed E-state index contributed by atoms with van der Waals surface area (Å²) < 4.78 is 19.2. The van der Waals surface area contributed by atoms with Crippen molar-refractivity contribution in [3.8, 4) is 22.9 Å². The van der Waals surface area contributed by atoms with Crippen LogP contribution in [0.5, 0.6) is 11.6 Å². The van der Waals surface area contributed by atoms with Gasteiger partial charge in [-0.05, 0) is 43.2 Å². The first-order valence-electron chi connectivity index (χ1n) is 8.34. The van der Waals surface area contributed by atoms with Crippen molar-refractivity contribution in [2.45, 2.75) is 18.9 Å². The Morgan fingerprint density at radius 3 is 2.73 bits per heavy atom. The van der Waals surface area contributed by atoms with E-state index in [0.717, 1.165) is 12.8 Å². The van der Waals surface area contributed by atoms with Crippen molar-refractivity contribution in [3.05, 3.63) is 72.3 Å². The van der Waals surface area contributed by atoms with Crippen molar-refractivity contribution >= 4 is 5.91 Å². The smallest absolute Gasteiger partial charge is 0.251 e. The highest BCUT2D eigenvalue weighted by Crippen LogP contribution is 2.25. The largest absolute Gasteiger partial charge is 0.439 e. The average Bonchev–Trinajstić information content (AvgIpc) is 3.46. The van der Waals surface area contributed by atoms with Gasteiger partial charge in [-0.1, -0.05) is 18.2 Å². The third kappa shape index (κ3) is 3.85. The lowest BCUT2D eigenvalue weighted by Gasteiger charge is -2.08. The summed E-state index contributed by atoms with van der Waals surface area (Å²) in [6, 6.07) is 15.0. The highest BCUT2D eigenvalue weighted by Gasteiger charge is 2.23. The van der Waals surface area contributed by atoms with E-state index in [4.69, 9.17) is 4.74 Å². The molecule has 130 valence electrons. The summed E-state index contributed by atoms with van der Waals surface area (Å²) in [7, 11) is 0. The van der Waals surface area contributed by atoms with Crippen LogP contribution < -0.4 is 10.1 Å². The van der Waals surface area contributed by atoms with Gasteiger partial charge < -0.3 is 10.1 Å². The van der Waals surface area contributed by atoms with Gasteiger partial charge in [-0.15, -0.1) is 0 Å². The zero-order valence-corrected chi connectivity index (χ0v) is 13.9. The zero-order chi connectivity index (χ0) is 17.9. The molecular formula is C20H16FN3O2. The summed E-state index contributed by atoms with van der Waals surface area (Å²) in [6.07, 6.45) is 3.43. The number of nitrogens with one attached hydrogen (secondary N) is 1. The van der Waals surface area contributed by atoms with E-state index in [9.17, 15) is 9.18 Å². The molecule has 0 atom stereocenters. The summed E-state index contributed by atoms with van der Waals surface area (Å²) in [5.74, 6) is 0.371. The van der Waals surface area contributed by atoms with Crippen molar-refractivity contribution in [2.24, 2.45) is 0 Å². The molecule has 4 rings (SSSR count). The molecule has 1 aliphatic carbocycles. The van der Waals surface area contributed by atoms with Gasteiger partial charge in [-0.2, -0.15) is 0 Å². The number of hydrogen-bond donors (Lipinski definition) is 1. The van der Waals surface area contributed by atoms with Crippen molar-refractivity contribution < 1.29 is 13.9 Å². The van der Waals surface area contributed by atoms with Crippen molar-refractivity contribution in [2.75, 3.05) is 0 Å². The van der Waals surface area contributed by atoms with E-state index in [0.29, 0.717) is 34.5 Å². The first kappa shape index (κ1) is 16.2. The fourth-order valence-electron chi connectivity index (χ4n) is 2.52. The minimum absolute atomic E-state index is 0.110. The molecule has 5 nitrogen and oxygen atoms in total. The molecule has 1 N–H and O–H groups in total. The van der Waals surface area contributed by atoms with E-state index in [-0.39, 0.29) is 11.7 Å². The van der Waals surface area contributed by atoms with Crippen molar-refractivity contribution in [1.29, 1.82) is 0 Å². The molecule has 1 saturated carbocycles. The van der Waals surface area contributed by atoms with Crippen LogP contribution in [0.2, 0.25) is 0 Å². The van der Waals surface area contributed by atoms with Gasteiger partial charge >= 0.3 is 0 Å². The molecule has 0 saturated heterocycles. The summed E-state index contributed by atoms with van der Waals surface area (Å²) in [6.45, 7) is 0. The number of hydrogen-bond acceptors (Lipinski definition) is 4. The fourth-order valence-corrected chi connectivity index (χ4v) is 2.52. The number of carbonyl (C=O) groups is 1. The lowest BCUT2D eigenvalue weighted by Crippen LogP contribution is -2.25. The van der Waals surface area contributed by atoms with Gasteiger partial charge in [0.15, 0.2) is 0 Å². The molecule has 1 aliphatic rings. The minimum Gasteiger partial charge on any atom is -0.439 e. The number of aromatic nitrogens is 2. The predicted octanol–water partition coefficient (Wildman–Crippen LogP) is 3.97. The Morgan fingerprint density at radius 1 is 1.08 bits per heavy atom. The highest BCUT2D eigenvalue weighted by atomic mass is 19.1. The lowest BCUT2D eigenvalue weighted by atomic mass is 10.1. The van der Waals surface area contributed by atoms with Crippen LogP contribution in [0.3, 0.4) is 0 Å². The Morgan fingerprint density at radius 2 is 1.92 bits per heavy atom. The van der Waals surface area contributed by atoms with Crippen LogP contribution >= 0.6 is 0 Å². The van der Waals surface area contributed by atoms with E-state index in [1.165, 1.54) is 18.5 Å². The Labute approximate surface area is 149 Å². The second-order valence-electron chi connectivity index (χ2n) is 6.13. The zero-order valence-electron chi connectivity index (χ0n) is 13.9. The van der Waals surface area contributed by atoms with Gasteiger partial charge in [-0.25, -0.2) is 14.4 Å². The second kappa shape index (κ2) is 6.92. The van der Waals surface area contributed by atoms with Crippen molar-refractivity contribution in [3.63, 3.8) is 0 Å². The van der Waals surface area contributed by atoms with Gasteiger partial charge in [0, 0.05) is 23.2 Å². The van der Waals surface area contributed by atoms with Gasteiger partial charge in [0.25, 0.3) is 5.91 Å². The number of rotatable bonds is 5. The fraction of sp³-hybridized carbons (Fsp3) is 0.150. The summed E-state index contributed by atoms with van der Waals surface area (Å²) in [5.41, 5.74) is 1.72. The quantitative estimate of drug-likeness (QED) is 0.757. The molecule has 0 aliphatic heterocycles. The van der Waals surface area contributed by atoms with Crippen LogP contribution in [0.4, 0.5) is 4.39 Å². The maximum atomic E-state index is 13.4. The molecule has 26 heavy (non-hydrogen) atoms. The standard InChI is InChI=1S/C20H16FN3O2/c21-15-5-1-3-13(9-15)18-11-19(23-12-22-18)26-17-6-2-4-14(10-17)20(25)24-16-7-8-16/h1-6,9-12,16H,7-8H2,(H,24,25). The first-order chi connectivity index (χ1) is 12.7. The Bertz CT molecular complexity index is 957. The molecule has 0 radical (unpaired) electrons. The Kier molecular flexibility index (Phi) is 4.31. The molecule has 2 aromatic carbocycles. The molecular weight excluding hydrogens is 333 g/mol. The highest BCUT2D eigenvalue weighted by molar-refractivity contribution is 5.94. The number of halogens is 1. The summed E-state index contributed by atoms with van der Waals surface area (Å²) in [5, 5.41) is 2.94. The number of benzene rings is 2. The molecule has 1 fully saturated rings. The number of carbonyl (C=O) groups excluding carboxylic acids is 1. The van der Waals surface area contributed by atoms with Crippen LogP contribution in [0.1, 0.15) is 23.2 Å².